The first-order valence-electron chi connectivity index (χ1n) is 5.85. The van der Waals surface area contributed by atoms with Gasteiger partial charge in [-0.25, -0.2) is 4.98 Å². The van der Waals surface area contributed by atoms with E-state index in [0.29, 0.717) is 6.54 Å². The minimum absolute atomic E-state index is 0.0282. The van der Waals surface area contributed by atoms with Crippen molar-refractivity contribution in [2.45, 2.75) is 13.0 Å². The summed E-state index contributed by atoms with van der Waals surface area (Å²) in [7, 11) is 1.67. The lowest BCUT2D eigenvalue weighted by Crippen LogP contribution is -2.57. The maximum absolute atomic E-state index is 11.8. The summed E-state index contributed by atoms with van der Waals surface area (Å²) in [5.41, 5.74) is 0.969. The SMILES string of the molecule is CNC(=O)C1CNCCN1c1cccc(C)n1. The third kappa shape index (κ3) is 2.55. The van der Waals surface area contributed by atoms with Gasteiger partial charge in [-0.15, -0.1) is 0 Å². The number of nitrogens with one attached hydrogen (secondary N) is 2. The molecular formula is C12H18N4O. The Kier molecular flexibility index (Phi) is 3.58. The van der Waals surface area contributed by atoms with Gasteiger partial charge in [-0.3, -0.25) is 4.79 Å². The third-order valence-electron chi connectivity index (χ3n) is 2.96. The molecule has 1 atom stereocenters. The number of hydrogen-bond donors (Lipinski definition) is 2. The number of carbonyl (C=O) groups is 1. The van der Waals surface area contributed by atoms with Crippen LogP contribution in [-0.4, -0.2) is 43.6 Å². The lowest BCUT2D eigenvalue weighted by Gasteiger charge is -2.35. The predicted molar refractivity (Wildman–Crippen MR) is 67.0 cm³/mol. The largest absolute Gasteiger partial charge is 0.357 e. The van der Waals surface area contributed by atoms with E-state index in [1.807, 2.05) is 25.1 Å². The van der Waals surface area contributed by atoms with E-state index in [9.17, 15) is 4.79 Å². The molecule has 5 nitrogen and oxygen atoms in total. The van der Waals surface area contributed by atoms with Crippen LogP contribution in [0, 0.1) is 6.92 Å². The summed E-state index contributed by atoms with van der Waals surface area (Å²) >= 11 is 0. The zero-order chi connectivity index (χ0) is 12.3. The molecule has 1 saturated heterocycles. The van der Waals surface area contributed by atoms with Crippen LogP contribution in [0.1, 0.15) is 5.69 Å². The van der Waals surface area contributed by atoms with E-state index in [4.69, 9.17) is 0 Å². The summed E-state index contributed by atoms with van der Waals surface area (Å²) in [4.78, 5) is 18.4. The number of hydrogen-bond acceptors (Lipinski definition) is 4. The second-order valence-electron chi connectivity index (χ2n) is 4.16. The summed E-state index contributed by atoms with van der Waals surface area (Å²) in [6.07, 6.45) is 0. The Bertz CT molecular complexity index is 407. The van der Waals surface area contributed by atoms with Gasteiger partial charge in [-0.2, -0.15) is 0 Å². The number of rotatable bonds is 2. The molecule has 1 aliphatic heterocycles. The number of anilines is 1. The molecule has 1 fully saturated rings. The molecule has 2 rings (SSSR count). The van der Waals surface area contributed by atoms with Gasteiger partial charge in [0.2, 0.25) is 5.91 Å². The Labute approximate surface area is 101 Å². The molecule has 5 heteroatoms. The lowest BCUT2D eigenvalue weighted by molar-refractivity contribution is -0.122. The molecule has 17 heavy (non-hydrogen) atoms. The van der Waals surface area contributed by atoms with Crippen molar-refractivity contribution in [3.63, 3.8) is 0 Å². The minimum Gasteiger partial charge on any atom is -0.357 e. The quantitative estimate of drug-likeness (QED) is 0.751. The van der Waals surface area contributed by atoms with Gasteiger partial charge in [0, 0.05) is 32.4 Å². The van der Waals surface area contributed by atoms with Gasteiger partial charge in [0.1, 0.15) is 11.9 Å². The highest BCUT2D eigenvalue weighted by molar-refractivity contribution is 5.85. The first-order valence-corrected chi connectivity index (χ1v) is 5.85. The Balaban J connectivity index is 2.24. The van der Waals surface area contributed by atoms with Crippen LogP contribution in [0.4, 0.5) is 5.82 Å². The Hall–Kier alpha value is -1.62. The minimum atomic E-state index is -0.178. The fourth-order valence-corrected chi connectivity index (χ4v) is 2.07. The molecule has 1 amide bonds. The van der Waals surface area contributed by atoms with Crippen LogP contribution in [0.2, 0.25) is 0 Å². The molecule has 92 valence electrons. The number of pyridine rings is 1. The first-order chi connectivity index (χ1) is 8.22. The monoisotopic (exact) mass is 234 g/mol. The number of aromatic nitrogens is 1. The number of piperazine rings is 1. The van der Waals surface area contributed by atoms with Crippen molar-refractivity contribution >= 4 is 11.7 Å². The van der Waals surface area contributed by atoms with E-state index in [-0.39, 0.29) is 11.9 Å². The average Bonchev–Trinajstić information content (AvgIpc) is 2.38. The van der Waals surface area contributed by atoms with Gasteiger partial charge in [0.05, 0.1) is 0 Å². The molecule has 1 unspecified atom stereocenters. The Morgan fingerprint density at radius 3 is 3.12 bits per heavy atom. The van der Waals surface area contributed by atoms with Gasteiger partial charge in [-0.1, -0.05) is 6.07 Å². The molecule has 1 aliphatic rings. The van der Waals surface area contributed by atoms with Crippen LogP contribution in [0.5, 0.6) is 0 Å². The van der Waals surface area contributed by atoms with E-state index in [1.54, 1.807) is 7.05 Å². The van der Waals surface area contributed by atoms with Crippen molar-refractivity contribution in [3.8, 4) is 0 Å². The normalized spacial score (nSPS) is 20.1. The number of carbonyl (C=O) groups excluding carboxylic acids is 1. The summed E-state index contributed by atoms with van der Waals surface area (Å²) in [5, 5.41) is 5.93. The van der Waals surface area contributed by atoms with Crippen LogP contribution < -0.4 is 15.5 Å². The molecule has 1 aromatic rings. The van der Waals surface area contributed by atoms with Crippen molar-refractivity contribution < 1.29 is 4.79 Å². The molecule has 0 saturated carbocycles. The van der Waals surface area contributed by atoms with E-state index in [2.05, 4.69) is 20.5 Å². The fraction of sp³-hybridized carbons (Fsp3) is 0.500. The van der Waals surface area contributed by atoms with Gasteiger partial charge in [-0.05, 0) is 19.1 Å². The van der Waals surface area contributed by atoms with Crippen molar-refractivity contribution in [1.29, 1.82) is 0 Å². The van der Waals surface area contributed by atoms with E-state index in [1.165, 1.54) is 0 Å². The Morgan fingerprint density at radius 2 is 2.41 bits per heavy atom. The van der Waals surface area contributed by atoms with Gasteiger partial charge >= 0.3 is 0 Å². The van der Waals surface area contributed by atoms with E-state index in [0.717, 1.165) is 24.6 Å². The highest BCUT2D eigenvalue weighted by Gasteiger charge is 2.28. The Morgan fingerprint density at radius 1 is 1.59 bits per heavy atom. The molecule has 2 heterocycles. The van der Waals surface area contributed by atoms with Crippen LogP contribution in [0.25, 0.3) is 0 Å². The van der Waals surface area contributed by atoms with E-state index < -0.39 is 0 Å². The zero-order valence-electron chi connectivity index (χ0n) is 10.2. The maximum atomic E-state index is 11.8. The summed E-state index contributed by atoms with van der Waals surface area (Å²) < 4.78 is 0. The van der Waals surface area contributed by atoms with Crippen molar-refractivity contribution in [2.75, 3.05) is 31.6 Å². The van der Waals surface area contributed by atoms with Crippen LogP contribution in [0.3, 0.4) is 0 Å². The summed E-state index contributed by atoms with van der Waals surface area (Å²) in [6, 6.07) is 5.71. The molecule has 0 bridgehead atoms. The highest BCUT2D eigenvalue weighted by Crippen LogP contribution is 2.16. The van der Waals surface area contributed by atoms with Crippen molar-refractivity contribution in [1.82, 2.24) is 15.6 Å². The second-order valence-corrected chi connectivity index (χ2v) is 4.16. The molecule has 0 aromatic carbocycles. The number of amides is 1. The van der Waals surface area contributed by atoms with Crippen molar-refractivity contribution in [3.05, 3.63) is 23.9 Å². The second kappa shape index (κ2) is 5.14. The zero-order valence-corrected chi connectivity index (χ0v) is 10.2. The van der Waals surface area contributed by atoms with Gasteiger partial charge in [0.25, 0.3) is 0 Å². The third-order valence-corrected chi connectivity index (χ3v) is 2.96. The van der Waals surface area contributed by atoms with Crippen molar-refractivity contribution in [2.24, 2.45) is 0 Å². The molecule has 0 aliphatic carbocycles. The molecular weight excluding hydrogens is 216 g/mol. The fourth-order valence-electron chi connectivity index (χ4n) is 2.07. The molecule has 0 spiro atoms. The van der Waals surface area contributed by atoms with E-state index >= 15 is 0 Å². The standard InChI is InChI=1S/C12H18N4O/c1-9-4-3-5-11(15-9)16-7-6-14-8-10(16)12(17)13-2/h3-5,10,14H,6-8H2,1-2H3,(H,13,17). The maximum Gasteiger partial charge on any atom is 0.243 e. The van der Waals surface area contributed by atoms with Gasteiger partial charge < -0.3 is 15.5 Å². The van der Waals surface area contributed by atoms with Crippen LogP contribution >= 0.6 is 0 Å². The van der Waals surface area contributed by atoms with Crippen LogP contribution in [0.15, 0.2) is 18.2 Å². The number of nitrogens with zero attached hydrogens (tertiary/aromatic N) is 2. The smallest absolute Gasteiger partial charge is 0.243 e. The molecule has 0 radical (unpaired) electrons. The lowest BCUT2D eigenvalue weighted by atomic mass is 10.1. The molecule has 1 aromatic heterocycles. The number of aryl methyl sites for hydroxylation is 1. The average molecular weight is 234 g/mol. The first kappa shape index (κ1) is 11.9. The molecule has 2 N–H and O–H groups in total. The summed E-state index contributed by atoms with van der Waals surface area (Å²) in [6.45, 7) is 4.30. The predicted octanol–water partition coefficient (Wildman–Crippen LogP) is -0.0858. The highest BCUT2D eigenvalue weighted by atomic mass is 16.2. The number of likely N-dealkylation sites (N-methyl/N-ethyl adjacent to an activating group) is 1. The van der Waals surface area contributed by atoms with Gasteiger partial charge in [0.15, 0.2) is 0 Å². The topological polar surface area (TPSA) is 57.3 Å². The van der Waals surface area contributed by atoms with Crippen LogP contribution in [-0.2, 0) is 4.79 Å². The summed E-state index contributed by atoms with van der Waals surface area (Å²) in [5.74, 6) is 0.903.